The molecule has 0 unspecified atom stereocenters. The van der Waals surface area contributed by atoms with E-state index in [1.165, 1.54) is 54.6 Å². The summed E-state index contributed by atoms with van der Waals surface area (Å²) in [7, 11) is 0. The van der Waals surface area contributed by atoms with Crippen LogP contribution in [-0.2, 0) is 0 Å². The normalized spacial score (nSPS) is 17.5. The predicted molar refractivity (Wildman–Crippen MR) is 149 cm³/mol. The number of thiophene rings is 1. The van der Waals surface area contributed by atoms with Gasteiger partial charge in [-0.1, -0.05) is 50.5 Å². The van der Waals surface area contributed by atoms with Crippen LogP contribution in [0.25, 0.3) is 32.9 Å². The number of hydrogen-bond donors (Lipinski definition) is 1. The molecule has 0 bridgehead atoms. The molecule has 6 nitrogen and oxygen atoms in total. The maximum atomic E-state index is 12.4. The summed E-state index contributed by atoms with van der Waals surface area (Å²) < 4.78 is 1.77. The number of hydrogen-bond acceptors (Lipinski definition) is 5. The minimum atomic E-state index is -0.825. The molecule has 4 heterocycles. The van der Waals surface area contributed by atoms with Gasteiger partial charge in [-0.25, -0.2) is 14.3 Å². The SMILES string of the molecule is CCN1CCC(c2cc(-c3ccc(-c4cc5ncccn5n4)cc3)sc2C(=O)O)=C(C2CCCCC2)C1. The van der Waals surface area contributed by atoms with Crippen molar-refractivity contribution in [2.45, 2.75) is 45.4 Å². The van der Waals surface area contributed by atoms with Crippen molar-refractivity contribution in [3.63, 3.8) is 0 Å². The second-order valence-electron chi connectivity index (χ2n) is 10.1. The fraction of sp³-hybridized carbons (Fsp3) is 0.367. The summed E-state index contributed by atoms with van der Waals surface area (Å²) in [6.45, 7) is 5.23. The van der Waals surface area contributed by atoms with Crippen molar-refractivity contribution in [3.8, 4) is 21.7 Å². The Morgan fingerprint density at radius 2 is 1.89 bits per heavy atom. The molecule has 1 N–H and O–H groups in total. The van der Waals surface area contributed by atoms with Gasteiger partial charge < -0.3 is 5.11 Å². The molecule has 6 rings (SSSR count). The molecule has 0 atom stereocenters. The van der Waals surface area contributed by atoms with Crippen LogP contribution >= 0.6 is 11.3 Å². The molecule has 37 heavy (non-hydrogen) atoms. The Labute approximate surface area is 221 Å². The van der Waals surface area contributed by atoms with E-state index in [0.717, 1.165) is 59.0 Å². The standard InChI is InChI=1S/C30H32N4O2S/c1-2-33-16-13-23(25(19-33)20-7-4-3-5-8-20)24-17-27(37-29(24)30(35)36)22-11-9-21(10-12-22)26-18-28-31-14-6-15-34(28)32-26/h6,9-12,14-15,17-18,20H,2-5,7-8,13,16,19H2,1H3,(H,35,36). The average molecular weight is 513 g/mol. The molecule has 4 aromatic rings. The first-order valence-corrected chi connectivity index (χ1v) is 14.2. The highest BCUT2D eigenvalue weighted by Gasteiger charge is 2.29. The van der Waals surface area contributed by atoms with E-state index in [4.69, 9.17) is 0 Å². The Hall–Kier alpha value is -3.29. The fourth-order valence-corrected chi connectivity index (χ4v) is 6.97. The number of carbonyl (C=O) groups is 1. The Balaban J connectivity index is 1.36. The summed E-state index contributed by atoms with van der Waals surface area (Å²) in [6, 6.07) is 14.2. The molecule has 7 heteroatoms. The van der Waals surface area contributed by atoms with Crippen molar-refractivity contribution >= 4 is 28.5 Å². The van der Waals surface area contributed by atoms with Crippen LogP contribution in [0.1, 0.15) is 60.7 Å². The summed E-state index contributed by atoms with van der Waals surface area (Å²) in [5, 5.41) is 14.8. The zero-order valence-electron chi connectivity index (χ0n) is 21.2. The summed E-state index contributed by atoms with van der Waals surface area (Å²) >= 11 is 1.40. The maximum Gasteiger partial charge on any atom is 0.346 e. The lowest BCUT2D eigenvalue weighted by Gasteiger charge is -2.35. The van der Waals surface area contributed by atoms with E-state index in [1.54, 1.807) is 10.7 Å². The van der Waals surface area contributed by atoms with Crippen LogP contribution in [0.15, 0.2) is 60.4 Å². The Morgan fingerprint density at radius 1 is 1.11 bits per heavy atom. The second kappa shape index (κ2) is 10.2. The van der Waals surface area contributed by atoms with Gasteiger partial charge in [-0.15, -0.1) is 11.3 Å². The lowest BCUT2D eigenvalue weighted by molar-refractivity contribution is 0.0702. The third-order valence-corrected chi connectivity index (χ3v) is 9.13. The van der Waals surface area contributed by atoms with Crippen molar-refractivity contribution in [2.24, 2.45) is 5.92 Å². The van der Waals surface area contributed by atoms with Gasteiger partial charge in [0.1, 0.15) is 4.88 Å². The van der Waals surface area contributed by atoms with Crippen LogP contribution in [-0.4, -0.2) is 50.2 Å². The number of fused-ring (bicyclic) bond motifs is 1. The molecule has 0 saturated heterocycles. The highest BCUT2D eigenvalue weighted by atomic mass is 32.1. The number of likely N-dealkylation sites (N-methyl/N-ethyl adjacent to an activating group) is 1. The quantitative estimate of drug-likeness (QED) is 0.305. The van der Waals surface area contributed by atoms with Crippen molar-refractivity contribution in [1.82, 2.24) is 19.5 Å². The highest BCUT2D eigenvalue weighted by molar-refractivity contribution is 7.17. The minimum absolute atomic E-state index is 0.471. The molecule has 3 aromatic heterocycles. The number of rotatable bonds is 6. The number of nitrogens with zero attached hydrogens (tertiary/aromatic N) is 4. The second-order valence-corrected chi connectivity index (χ2v) is 11.2. The average Bonchev–Trinajstić information content (AvgIpc) is 3.59. The number of carboxylic acid groups (broad SMARTS) is 1. The topological polar surface area (TPSA) is 70.7 Å². The molecule has 0 amide bonds. The van der Waals surface area contributed by atoms with Gasteiger partial charge in [0.25, 0.3) is 0 Å². The largest absolute Gasteiger partial charge is 0.477 e. The monoisotopic (exact) mass is 512 g/mol. The van der Waals surface area contributed by atoms with Crippen LogP contribution in [0.4, 0.5) is 0 Å². The van der Waals surface area contributed by atoms with E-state index < -0.39 is 5.97 Å². The van der Waals surface area contributed by atoms with E-state index in [2.05, 4.69) is 52.2 Å². The smallest absolute Gasteiger partial charge is 0.346 e. The van der Waals surface area contributed by atoms with Crippen LogP contribution in [0.5, 0.6) is 0 Å². The molecular formula is C30H32N4O2S. The van der Waals surface area contributed by atoms with Gasteiger partial charge in [-0.3, -0.25) is 4.90 Å². The van der Waals surface area contributed by atoms with Crippen LogP contribution < -0.4 is 0 Å². The molecular weight excluding hydrogens is 480 g/mol. The van der Waals surface area contributed by atoms with Crippen LogP contribution in [0.3, 0.4) is 0 Å². The van der Waals surface area contributed by atoms with Gasteiger partial charge in [0.2, 0.25) is 0 Å². The van der Waals surface area contributed by atoms with Crippen molar-refractivity contribution in [2.75, 3.05) is 19.6 Å². The zero-order valence-corrected chi connectivity index (χ0v) is 22.0. The van der Waals surface area contributed by atoms with E-state index in [1.807, 2.05) is 18.3 Å². The van der Waals surface area contributed by atoms with Gasteiger partial charge in [0, 0.05) is 47.6 Å². The Kier molecular flexibility index (Phi) is 6.65. The van der Waals surface area contributed by atoms with Gasteiger partial charge in [-0.05, 0) is 60.6 Å². The number of aromatic nitrogens is 3. The zero-order chi connectivity index (χ0) is 25.4. The first-order valence-electron chi connectivity index (χ1n) is 13.3. The van der Waals surface area contributed by atoms with Crippen LogP contribution in [0.2, 0.25) is 0 Å². The third kappa shape index (κ3) is 4.74. The van der Waals surface area contributed by atoms with Crippen molar-refractivity contribution in [1.29, 1.82) is 0 Å². The molecule has 1 saturated carbocycles. The molecule has 0 spiro atoms. The van der Waals surface area contributed by atoms with Gasteiger partial charge in [-0.2, -0.15) is 5.10 Å². The van der Waals surface area contributed by atoms with Gasteiger partial charge in [0.15, 0.2) is 5.65 Å². The molecule has 1 aromatic carbocycles. The van der Waals surface area contributed by atoms with E-state index in [-0.39, 0.29) is 0 Å². The molecule has 1 fully saturated rings. The fourth-order valence-electron chi connectivity index (χ4n) is 5.94. The molecule has 1 aliphatic carbocycles. The third-order valence-electron chi connectivity index (χ3n) is 7.96. The number of aromatic carboxylic acids is 1. The number of benzene rings is 1. The molecule has 0 radical (unpaired) electrons. The van der Waals surface area contributed by atoms with E-state index in [9.17, 15) is 9.90 Å². The van der Waals surface area contributed by atoms with Crippen molar-refractivity contribution in [3.05, 3.63) is 70.9 Å². The Morgan fingerprint density at radius 3 is 2.62 bits per heavy atom. The summed E-state index contributed by atoms with van der Waals surface area (Å²) in [6.07, 6.45) is 10.9. The summed E-state index contributed by atoms with van der Waals surface area (Å²) in [4.78, 5) is 20.7. The first kappa shape index (κ1) is 24.1. The number of carboxylic acids is 1. The molecule has 1 aliphatic heterocycles. The minimum Gasteiger partial charge on any atom is -0.477 e. The van der Waals surface area contributed by atoms with E-state index >= 15 is 0 Å². The summed E-state index contributed by atoms with van der Waals surface area (Å²) in [5.74, 6) is -0.240. The molecule has 190 valence electrons. The van der Waals surface area contributed by atoms with E-state index in [0.29, 0.717) is 10.8 Å². The Bertz CT molecular complexity index is 1430. The molecule has 2 aliphatic rings. The predicted octanol–water partition coefficient (Wildman–Crippen LogP) is 6.88. The van der Waals surface area contributed by atoms with Gasteiger partial charge >= 0.3 is 5.97 Å². The van der Waals surface area contributed by atoms with Crippen molar-refractivity contribution < 1.29 is 9.90 Å². The highest BCUT2D eigenvalue weighted by Crippen LogP contribution is 2.43. The lowest BCUT2D eigenvalue weighted by Crippen LogP contribution is -2.34. The van der Waals surface area contributed by atoms with Gasteiger partial charge in [0.05, 0.1) is 5.69 Å². The first-order chi connectivity index (χ1) is 18.1. The maximum absolute atomic E-state index is 12.4. The lowest BCUT2D eigenvalue weighted by atomic mass is 9.78. The summed E-state index contributed by atoms with van der Waals surface area (Å²) in [5.41, 5.74) is 7.47. The van der Waals surface area contributed by atoms with Crippen LogP contribution in [0, 0.1) is 5.92 Å².